The van der Waals surface area contributed by atoms with Gasteiger partial charge in [0.2, 0.25) is 0 Å². The Morgan fingerprint density at radius 3 is 0.114 bits per heavy atom. The molecule has 0 N–H and O–H groups in total. The standard InChI is InChI=1S/C35H70/c1-2-4-6-8-10-12-14-16-18-20-22-24-26-28-30-32-34-35-33-31-29-27-25-23-21-19-17-15-13-11-9-7-5-3-1/h1-35H2. The van der Waals surface area contributed by atoms with Crippen molar-refractivity contribution in [3.63, 3.8) is 0 Å². The van der Waals surface area contributed by atoms with Gasteiger partial charge in [0.25, 0.3) is 0 Å². The van der Waals surface area contributed by atoms with Crippen LogP contribution in [0, 0.1) is 0 Å². The average Bonchev–Trinajstić information content (AvgIpc) is 2.87. The summed E-state index contributed by atoms with van der Waals surface area (Å²) in [6.07, 6.45) is 52.5. The molecule has 0 aromatic heterocycles. The van der Waals surface area contributed by atoms with Gasteiger partial charge in [0.15, 0.2) is 0 Å². The molecule has 0 bridgehead atoms. The van der Waals surface area contributed by atoms with E-state index in [1.807, 2.05) is 0 Å². The summed E-state index contributed by atoms with van der Waals surface area (Å²) in [7, 11) is 0. The van der Waals surface area contributed by atoms with E-state index in [9.17, 15) is 0 Å². The molecule has 0 saturated heterocycles. The van der Waals surface area contributed by atoms with Gasteiger partial charge in [-0.1, -0.05) is 225 Å². The van der Waals surface area contributed by atoms with Gasteiger partial charge in [0.05, 0.1) is 0 Å². The number of rotatable bonds is 0. The Morgan fingerprint density at radius 1 is 0.0571 bits per heavy atom. The summed E-state index contributed by atoms with van der Waals surface area (Å²) in [4.78, 5) is 0. The Hall–Kier alpha value is 0. The van der Waals surface area contributed by atoms with E-state index < -0.39 is 0 Å². The van der Waals surface area contributed by atoms with E-state index in [1.165, 1.54) is 225 Å². The van der Waals surface area contributed by atoms with E-state index >= 15 is 0 Å². The van der Waals surface area contributed by atoms with Gasteiger partial charge in [0, 0.05) is 0 Å². The largest absolute Gasteiger partial charge is 0.0533 e. The maximum atomic E-state index is 1.50. The van der Waals surface area contributed by atoms with Crippen LogP contribution in [0.1, 0.15) is 225 Å². The molecule has 1 rings (SSSR count). The maximum Gasteiger partial charge on any atom is -0.0533 e. The monoisotopic (exact) mass is 491 g/mol. The Morgan fingerprint density at radius 2 is 0.0857 bits per heavy atom. The minimum atomic E-state index is 1.50. The smallest absolute Gasteiger partial charge is 0.0533 e. The van der Waals surface area contributed by atoms with E-state index in [2.05, 4.69) is 0 Å². The molecule has 1 saturated carbocycles. The molecule has 0 aliphatic heterocycles. The first-order valence-electron chi connectivity index (χ1n) is 17.5. The van der Waals surface area contributed by atoms with Crippen LogP contribution in [-0.4, -0.2) is 0 Å². The van der Waals surface area contributed by atoms with Crippen LogP contribution in [0.25, 0.3) is 0 Å². The average molecular weight is 491 g/mol. The van der Waals surface area contributed by atoms with Gasteiger partial charge in [-0.2, -0.15) is 0 Å². The fraction of sp³-hybridized carbons (Fsp3) is 1.00. The second-order valence-electron chi connectivity index (χ2n) is 12.4. The molecule has 0 aromatic carbocycles. The van der Waals surface area contributed by atoms with Crippen LogP contribution in [0.2, 0.25) is 0 Å². The van der Waals surface area contributed by atoms with E-state index in [0.717, 1.165) is 0 Å². The quantitative estimate of drug-likeness (QED) is 0.316. The molecule has 0 heterocycles. The molecule has 35 heavy (non-hydrogen) atoms. The van der Waals surface area contributed by atoms with E-state index in [4.69, 9.17) is 0 Å². The van der Waals surface area contributed by atoms with E-state index in [1.54, 1.807) is 0 Å². The highest BCUT2D eigenvalue weighted by Gasteiger charge is 1.98. The lowest BCUT2D eigenvalue weighted by Gasteiger charge is -2.04. The molecule has 1 fully saturated rings. The zero-order valence-electron chi connectivity index (χ0n) is 24.7. The summed E-state index contributed by atoms with van der Waals surface area (Å²) in [6, 6.07) is 0. The predicted molar refractivity (Wildman–Crippen MR) is 162 cm³/mol. The van der Waals surface area contributed by atoms with Crippen LogP contribution in [0.5, 0.6) is 0 Å². The molecular weight excluding hydrogens is 420 g/mol. The summed E-state index contributed by atoms with van der Waals surface area (Å²) < 4.78 is 0. The summed E-state index contributed by atoms with van der Waals surface area (Å²) in [5.41, 5.74) is 0. The molecule has 0 spiro atoms. The molecule has 0 unspecified atom stereocenters. The zero-order chi connectivity index (χ0) is 24.7. The second kappa shape index (κ2) is 30.2. The Labute approximate surface area is 224 Å². The number of hydrogen-bond donors (Lipinski definition) is 0. The molecule has 0 nitrogen and oxygen atoms in total. The normalized spacial score (nSPS) is 24.0. The SMILES string of the molecule is C1CCCCCCCCCCCCCCCCCCCCCCCCCCCCCCCCCC1. The van der Waals surface area contributed by atoms with Crippen molar-refractivity contribution in [2.45, 2.75) is 225 Å². The minimum absolute atomic E-state index is 1.50. The first-order chi connectivity index (χ1) is 17.5. The van der Waals surface area contributed by atoms with Gasteiger partial charge >= 0.3 is 0 Å². The van der Waals surface area contributed by atoms with Crippen molar-refractivity contribution in [1.82, 2.24) is 0 Å². The van der Waals surface area contributed by atoms with Gasteiger partial charge in [-0.15, -0.1) is 0 Å². The lowest BCUT2D eigenvalue weighted by molar-refractivity contribution is 0.512. The highest BCUT2D eigenvalue weighted by Crippen LogP contribution is 2.18. The van der Waals surface area contributed by atoms with Crippen molar-refractivity contribution in [1.29, 1.82) is 0 Å². The summed E-state index contributed by atoms with van der Waals surface area (Å²) in [5, 5.41) is 0. The van der Waals surface area contributed by atoms with Crippen molar-refractivity contribution < 1.29 is 0 Å². The van der Waals surface area contributed by atoms with Crippen molar-refractivity contribution in [3.8, 4) is 0 Å². The van der Waals surface area contributed by atoms with Crippen LogP contribution in [-0.2, 0) is 0 Å². The molecule has 0 aromatic rings. The van der Waals surface area contributed by atoms with Crippen LogP contribution in [0.3, 0.4) is 0 Å². The molecule has 0 radical (unpaired) electrons. The van der Waals surface area contributed by atoms with Gasteiger partial charge in [-0.25, -0.2) is 0 Å². The third-order valence-corrected chi connectivity index (χ3v) is 8.75. The first-order valence-corrected chi connectivity index (χ1v) is 17.5. The Bertz CT molecular complexity index is 180. The summed E-state index contributed by atoms with van der Waals surface area (Å²) >= 11 is 0. The maximum absolute atomic E-state index is 1.50. The van der Waals surface area contributed by atoms with Gasteiger partial charge < -0.3 is 0 Å². The molecule has 0 heteroatoms. The Kier molecular flexibility index (Phi) is 28.5. The third-order valence-electron chi connectivity index (χ3n) is 8.75. The minimum Gasteiger partial charge on any atom is -0.0533 e. The predicted octanol–water partition coefficient (Wildman–Crippen LogP) is 13.7. The molecule has 210 valence electrons. The molecule has 1 aliphatic carbocycles. The van der Waals surface area contributed by atoms with Crippen LogP contribution < -0.4 is 0 Å². The summed E-state index contributed by atoms with van der Waals surface area (Å²) in [5.74, 6) is 0. The van der Waals surface area contributed by atoms with Crippen LogP contribution in [0.4, 0.5) is 0 Å². The molecular formula is C35H70. The first kappa shape index (κ1) is 33.0. The lowest BCUT2D eigenvalue weighted by atomic mass is 10.0. The third kappa shape index (κ3) is 28.4. The van der Waals surface area contributed by atoms with E-state index in [-0.39, 0.29) is 0 Å². The highest BCUT2D eigenvalue weighted by atomic mass is 14.0. The molecule has 1 aliphatic rings. The van der Waals surface area contributed by atoms with Crippen molar-refractivity contribution in [2.24, 2.45) is 0 Å². The van der Waals surface area contributed by atoms with Crippen LogP contribution in [0.15, 0.2) is 0 Å². The van der Waals surface area contributed by atoms with Crippen molar-refractivity contribution in [3.05, 3.63) is 0 Å². The fourth-order valence-corrected chi connectivity index (χ4v) is 6.19. The highest BCUT2D eigenvalue weighted by molar-refractivity contribution is 4.54. The van der Waals surface area contributed by atoms with E-state index in [0.29, 0.717) is 0 Å². The van der Waals surface area contributed by atoms with Crippen molar-refractivity contribution in [2.75, 3.05) is 0 Å². The lowest BCUT2D eigenvalue weighted by Crippen LogP contribution is -1.85. The summed E-state index contributed by atoms with van der Waals surface area (Å²) in [6.45, 7) is 0. The van der Waals surface area contributed by atoms with Crippen LogP contribution >= 0.6 is 0 Å². The fourth-order valence-electron chi connectivity index (χ4n) is 6.19. The molecule has 0 atom stereocenters. The Balaban J connectivity index is 2.00. The number of hydrogen-bond acceptors (Lipinski definition) is 0. The van der Waals surface area contributed by atoms with Gasteiger partial charge in [-0.05, 0) is 0 Å². The van der Waals surface area contributed by atoms with Crippen molar-refractivity contribution >= 4 is 0 Å². The van der Waals surface area contributed by atoms with Gasteiger partial charge in [-0.3, -0.25) is 0 Å². The zero-order valence-corrected chi connectivity index (χ0v) is 24.7. The molecule has 0 amide bonds. The second-order valence-corrected chi connectivity index (χ2v) is 12.4. The topological polar surface area (TPSA) is 0 Å². The van der Waals surface area contributed by atoms with Gasteiger partial charge in [0.1, 0.15) is 0 Å².